The van der Waals surface area contributed by atoms with Crippen molar-refractivity contribution in [2.75, 3.05) is 13.1 Å². The normalized spacial score (nSPS) is 18.7. The van der Waals surface area contributed by atoms with Gasteiger partial charge in [-0.2, -0.15) is 0 Å². The van der Waals surface area contributed by atoms with Gasteiger partial charge >= 0.3 is 0 Å². The molecule has 2 aliphatic rings. The number of carbonyl (C=O) groups is 2. The Labute approximate surface area is 244 Å². The van der Waals surface area contributed by atoms with Gasteiger partial charge in [0.15, 0.2) is 0 Å². The van der Waals surface area contributed by atoms with Crippen molar-refractivity contribution in [2.24, 2.45) is 5.73 Å². The van der Waals surface area contributed by atoms with Crippen molar-refractivity contribution in [1.82, 2.24) is 14.9 Å². The van der Waals surface area contributed by atoms with E-state index in [0.29, 0.717) is 37.8 Å². The van der Waals surface area contributed by atoms with Gasteiger partial charge in [-0.1, -0.05) is 79.9 Å². The third-order valence-electron chi connectivity index (χ3n) is 8.23. The van der Waals surface area contributed by atoms with Gasteiger partial charge in [-0.25, -0.2) is 13.1 Å². The Morgan fingerprint density at radius 3 is 2.22 bits per heavy atom. The van der Waals surface area contributed by atoms with E-state index < -0.39 is 33.1 Å². The van der Waals surface area contributed by atoms with E-state index in [1.807, 2.05) is 67.6 Å². The molecule has 1 saturated carbocycles. The smallest absolute Gasteiger partial charge is 0.245 e. The maximum absolute atomic E-state index is 14.1. The van der Waals surface area contributed by atoms with E-state index in [4.69, 9.17) is 5.73 Å². The summed E-state index contributed by atoms with van der Waals surface area (Å²) in [6, 6.07) is 18.4. The lowest BCUT2D eigenvalue weighted by Crippen LogP contribution is -2.57. The molecule has 1 heterocycles. The minimum Gasteiger partial charge on any atom is -0.343 e. The summed E-state index contributed by atoms with van der Waals surface area (Å²) in [7, 11) is -3.77. The standard InChI is InChI=1S/C32H44N4O4S/c1-4-36(29(37)27(34-30(38)31(2,3)33)20-14-17-24-15-8-5-9-16-24)23-26-28(25-18-10-6-11-19-25)41(39,40)35-32(26)21-12-7-13-22-32/h5-6,8-11,15-16,18-19,27,35H,4,7,12-14,17,20-23,33H2,1-3H3,(H,34,38)/t27-/m1/s1. The molecule has 2 amide bonds. The van der Waals surface area contributed by atoms with Gasteiger partial charge < -0.3 is 16.0 Å². The Bertz CT molecular complexity index is 1350. The molecule has 222 valence electrons. The molecule has 1 spiro atoms. The first-order valence-electron chi connectivity index (χ1n) is 14.7. The molecular formula is C32H44N4O4S. The van der Waals surface area contributed by atoms with Crippen LogP contribution in [0.25, 0.3) is 4.91 Å². The first-order chi connectivity index (χ1) is 19.5. The number of hydrogen-bond donors (Lipinski definition) is 3. The van der Waals surface area contributed by atoms with Crippen LogP contribution >= 0.6 is 0 Å². The molecule has 8 nitrogen and oxygen atoms in total. The number of rotatable bonds is 11. The fourth-order valence-electron chi connectivity index (χ4n) is 5.96. The molecule has 2 aromatic carbocycles. The van der Waals surface area contributed by atoms with Crippen LogP contribution in [0.4, 0.5) is 0 Å². The molecule has 2 aromatic rings. The minimum atomic E-state index is -3.77. The summed E-state index contributed by atoms with van der Waals surface area (Å²) in [5.74, 6) is -0.627. The van der Waals surface area contributed by atoms with Gasteiger partial charge in [0.05, 0.1) is 16.0 Å². The number of nitrogens with one attached hydrogen (secondary N) is 2. The first kappa shape index (κ1) is 30.9. The second-order valence-electron chi connectivity index (χ2n) is 11.9. The number of nitrogens with two attached hydrogens (primary N) is 1. The van der Waals surface area contributed by atoms with Crippen LogP contribution in [0.2, 0.25) is 0 Å². The highest BCUT2D eigenvalue weighted by molar-refractivity contribution is 7.99. The molecule has 9 heteroatoms. The minimum absolute atomic E-state index is 0.170. The van der Waals surface area contributed by atoms with Crippen molar-refractivity contribution in [3.8, 4) is 0 Å². The number of amides is 2. The average molecular weight is 581 g/mol. The summed E-state index contributed by atoms with van der Waals surface area (Å²) in [4.78, 5) is 29.0. The van der Waals surface area contributed by atoms with Crippen molar-refractivity contribution in [3.05, 3.63) is 77.4 Å². The van der Waals surface area contributed by atoms with Gasteiger partial charge in [-0.05, 0) is 69.6 Å². The number of likely N-dealkylation sites (N-methyl/N-ethyl adjacent to an activating group) is 1. The highest BCUT2D eigenvalue weighted by Gasteiger charge is 2.49. The van der Waals surface area contributed by atoms with E-state index in [0.717, 1.165) is 36.8 Å². The van der Waals surface area contributed by atoms with Crippen molar-refractivity contribution >= 4 is 26.7 Å². The number of nitrogens with zero attached hydrogens (tertiary/aromatic N) is 1. The average Bonchev–Trinajstić information content (AvgIpc) is 3.16. The summed E-state index contributed by atoms with van der Waals surface area (Å²) < 4.78 is 30.2. The zero-order valence-electron chi connectivity index (χ0n) is 24.5. The van der Waals surface area contributed by atoms with Crippen LogP contribution < -0.4 is 15.8 Å². The van der Waals surface area contributed by atoms with Gasteiger partial charge in [0, 0.05) is 13.1 Å². The van der Waals surface area contributed by atoms with Crippen molar-refractivity contribution in [1.29, 1.82) is 0 Å². The SMILES string of the molecule is CCN(CC1=C(c2ccccc2)S(=O)(=O)NC12CCCCC2)C(=O)[C@@H](CCCc1ccccc1)NC(=O)C(C)(C)N. The van der Waals surface area contributed by atoms with Crippen LogP contribution in [-0.4, -0.2) is 55.3 Å². The molecule has 1 aliphatic heterocycles. The van der Waals surface area contributed by atoms with Crippen LogP contribution in [0.3, 0.4) is 0 Å². The summed E-state index contributed by atoms with van der Waals surface area (Å²) >= 11 is 0. The number of carbonyl (C=O) groups excluding carboxylic acids is 2. The van der Waals surface area contributed by atoms with Crippen LogP contribution in [0.15, 0.2) is 66.2 Å². The highest BCUT2D eigenvalue weighted by Crippen LogP contribution is 2.45. The molecule has 0 radical (unpaired) electrons. The van der Waals surface area contributed by atoms with E-state index >= 15 is 0 Å². The summed E-state index contributed by atoms with van der Waals surface area (Å²) in [5, 5.41) is 2.91. The van der Waals surface area contributed by atoms with Crippen LogP contribution in [0.5, 0.6) is 0 Å². The second kappa shape index (κ2) is 12.9. The van der Waals surface area contributed by atoms with E-state index in [9.17, 15) is 18.0 Å². The molecule has 1 fully saturated rings. The van der Waals surface area contributed by atoms with Gasteiger partial charge in [-0.15, -0.1) is 0 Å². The third kappa shape index (κ3) is 7.26. The molecule has 0 saturated heterocycles. The molecule has 0 aromatic heterocycles. The summed E-state index contributed by atoms with van der Waals surface area (Å²) in [5.41, 5.74) is 6.75. The van der Waals surface area contributed by atoms with Gasteiger partial charge in [0.2, 0.25) is 21.8 Å². The Balaban J connectivity index is 1.66. The number of benzene rings is 2. The number of sulfonamides is 1. The fraction of sp³-hybridized carbons (Fsp3) is 0.500. The molecule has 0 bridgehead atoms. The Morgan fingerprint density at radius 1 is 1.02 bits per heavy atom. The molecule has 1 aliphatic carbocycles. The quantitative estimate of drug-likeness (QED) is 0.369. The van der Waals surface area contributed by atoms with Crippen molar-refractivity contribution in [3.63, 3.8) is 0 Å². The monoisotopic (exact) mass is 580 g/mol. The fourth-order valence-corrected chi connectivity index (χ4v) is 7.94. The molecule has 41 heavy (non-hydrogen) atoms. The lowest BCUT2D eigenvalue weighted by atomic mass is 9.76. The van der Waals surface area contributed by atoms with Crippen LogP contribution in [0.1, 0.15) is 76.8 Å². The van der Waals surface area contributed by atoms with Crippen molar-refractivity contribution < 1.29 is 18.0 Å². The molecule has 0 unspecified atom stereocenters. The van der Waals surface area contributed by atoms with Crippen LogP contribution in [0, 0.1) is 0 Å². The lowest BCUT2D eigenvalue weighted by molar-refractivity contribution is -0.137. The van der Waals surface area contributed by atoms with E-state index in [1.165, 1.54) is 0 Å². The van der Waals surface area contributed by atoms with Crippen molar-refractivity contribution in [2.45, 2.75) is 89.3 Å². The predicted molar refractivity (Wildman–Crippen MR) is 163 cm³/mol. The molecule has 1 atom stereocenters. The van der Waals surface area contributed by atoms with Gasteiger partial charge in [0.25, 0.3) is 0 Å². The first-order valence-corrected chi connectivity index (χ1v) is 16.2. The summed E-state index contributed by atoms with van der Waals surface area (Å²) in [6.07, 6.45) is 6.19. The summed E-state index contributed by atoms with van der Waals surface area (Å²) in [6.45, 7) is 5.66. The largest absolute Gasteiger partial charge is 0.343 e. The lowest BCUT2D eigenvalue weighted by Gasteiger charge is -2.38. The maximum Gasteiger partial charge on any atom is 0.245 e. The Kier molecular flexibility index (Phi) is 9.72. The topological polar surface area (TPSA) is 122 Å². The van der Waals surface area contributed by atoms with E-state index in [1.54, 1.807) is 18.7 Å². The predicted octanol–water partition coefficient (Wildman–Crippen LogP) is 4.13. The third-order valence-corrected chi connectivity index (χ3v) is 9.90. The number of hydrogen-bond acceptors (Lipinski definition) is 5. The molecular weight excluding hydrogens is 536 g/mol. The Morgan fingerprint density at radius 2 is 1.63 bits per heavy atom. The Hall–Kier alpha value is -3.01. The zero-order valence-corrected chi connectivity index (χ0v) is 25.3. The van der Waals surface area contributed by atoms with Gasteiger partial charge in [-0.3, -0.25) is 9.59 Å². The van der Waals surface area contributed by atoms with E-state index in [2.05, 4.69) is 10.0 Å². The zero-order chi connectivity index (χ0) is 29.7. The van der Waals surface area contributed by atoms with Gasteiger partial charge in [0.1, 0.15) is 6.04 Å². The molecule has 4 rings (SSSR count). The maximum atomic E-state index is 14.1. The van der Waals surface area contributed by atoms with Crippen LogP contribution in [-0.2, 0) is 26.0 Å². The number of aryl methyl sites for hydroxylation is 1. The van der Waals surface area contributed by atoms with E-state index in [-0.39, 0.29) is 17.4 Å². The second-order valence-corrected chi connectivity index (χ2v) is 13.5. The highest BCUT2D eigenvalue weighted by atomic mass is 32.2. The molecule has 4 N–H and O–H groups in total.